The molecule has 0 saturated heterocycles. The van der Waals surface area contributed by atoms with Crippen molar-refractivity contribution in [2.24, 2.45) is 0 Å². The normalized spacial score (nSPS) is 17.4. The van der Waals surface area contributed by atoms with Gasteiger partial charge in [0, 0.05) is 21.8 Å². The van der Waals surface area contributed by atoms with Crippen LogP contribution in [0.15, 0.2) is 46.9 Å². The number of carbonyl (C=O) groups excluding carboxylic acids is 1. The number of hydrogen-bond donors (Lipinski definition) is 0. The van der Waals surface area contributed by atoms with Crippen LogP contribution in [0.3, 0.4) is 0 Å². The first kappa shape index (κ1) is 12.4. The van der Waals surface area contributed by atoms with E-state index < -0.39 is 0 Å². The van der Waals surface area contributed by atoms with Gasteiger partial charge in [-0.05, 0) is 43.2 Å². The van der Waals surface area contributed by atoms with Crippen molar-refractivity contribution in [1.29, 1.82) is 0 Å². The molecular weight excluding hydrogens is 302 g/mol. The number of carbonyl (C=O) groups is 1. The summed E-state index contributed by atoms with van der Waals surface area (Å²) in [5, 5.41) is 0. The fourth-order valence-corrected chi connectivity index (χ4v) is 3.11. The summed E-state index contributed by atoms with van der Waals surface area (Å²) in [6.07, 6.45) is 1.94. The standard InChI is InChI=1S/C16H14BrNO/c1-11-8-12-4-2-3-5-15(12)18(11)16-9-14(17)7-6-13(16)10-19/h2-7,9-11H,8H2,1H3. The Hall–Kier alpha value is -1.61. The number of benzene rings is 2. The first-order valence-corrected chi connectivity index (χ1v) is 7.12. The molecule has 1 aliphatic heterocycles. The first-order valence-electron chi connectivity index (χ1n) is 6.32. The predicted molar refractivity (Wildman–Crippen MR) is 81.3 cm³/mol. The molecule has 0 N–H and O–H groups in total. The summed E-state index contributed by atoms with van der Waals surface area (Å²) in [6.45, 7) is 2.19. The molecule has 19 heavy (non-hydrogen) atoms. The lowest BCUT2D eigenvalue weighted by molar-refractivity contribution is 0.112. The minimum atomic E-state index is 0.366. The fraction of sp³-hybridized carbons (Fsp3) is 0.188. The van der Waals surface area contributed by atoms with Gasteiger partial charge >= 0.3 is 0 Å². The Morgan fingerprint density at radius 3 is 2.79 bits per heavy atom. The summed E-state index contributed by atoms with van der Waals surface area (Å²) in [6, 6.07) is 14.5. The van der Waals surface area contributed by atoms with Gasteiger partial charge in [0.2, 0.25) is 0 Å². The third-order valence-corrected chi connectivity index (χ3v) is 4.08. The molecule has 0 fully saturated rings. The molecule has 0 bridgehead atoms. The molecule has 1 atom stereocenters. The third-order valence-electron chi connectivity index (χ3n) is 3.59. The van der Waals surface area contributed by atoms with Crippen LogP contribution in [-0.2, 0) is 6.42 Å². The zero-order valence-electron chi connectivity index (χ0n) is 10.6. The van der Waals surface area contributed by atoms with E-state index >= 15 is 0 Å². The molecule has 0 amide bonds. The summed E-state index contributed by atoms with van der Waals surface area (Å²) >= 11 is 3.49. The van der Waals surface area contributed by atoms with Crippen LogP contribution in [0, 0.1) is 0 Å². The number of aldehydes is 1. The molecule has 2 aromatic carbocycles. The second-order valence-corrected chi connectivity index (χ2v) is 5.79. The molecular formula is C16H14BrNO. The Morgan fingerprint density at radius 1 is 1.21 bits per heavy atom. The molecule has 0 aromatic heterocycles. The summed E-state index contributed by atoms with van der Waals surface area (Å²) in [5.41, 5.74) is 4.25. The lowest BCUT2D eigenvalue weighted by atomic mass is 10.1. The molecule has 0 radical (unpaired) electrons. The van der Waals surface area contributed by atoms with Crippen LogP contribution in [-0.4, -0.2) is 12.3 Å². The van der Waals surface area contributed by atoms with Gasteiger partial charge in [-0.2, -0.15) is 0 Å². The molecule has 0 spiro atoms. The van der Waals surface area contributed by atoms with E-state index in [9.17, 15) is 4.79 Å². The van der Waals surface area contributed by atoms with Gasteiger partial charge < -0.3 is 4.90 Å². The van der Waals surface area contributed by atoms with Gasteiger partial charge in [-0.15, -0.1) is 0 Å². The zero-order valence-corrected chi connectivity index (χ0v) is 12.2. The highest BCUT2D eigenvalue weighted by Crippen LogP contribution is 2.40. The summed E-state index contributed by atoms with van der Waals surface area (Å²) in [7, 11) is 0. The van der Waals surface area contributed by atoms with Gasteiger partial charge in [-0.3, -0.25) is 4.79 Å². The Bertz CT molecular complexity index is 638. The number of nitrogens with zero attached hydrogens (tertiary/aromatic N) is 1. The topological polar surface area (TPSA) is 20.3 Å². The van der Waals surface area contributed by atoms with Crippen molar-refractivity contribution in [3.8, 4) is 0 Å². The van der Waals surface area contributed by atoms with E-state index in [4.69, 9.17) is 0 Å². The highest BCUT2D eigenvalue weighted by molar-refractivity contribution is 9.10. The van der Waals surface area contributed by atoms with E-state index in [1.807, 2.05) is 24.3 Å². The van der Waals surface area contributed by atoms with Crippen molar-refractivity contribution in [2.75, 3.05) is 4.90 Å². The summed E-state index contributed by atoms with van der Waals surface area (Å²) in [4.78, 5) is 13.5. The van der Waals surface area contributed by atoms with E-state index in [2.05, 4.69) is 46.0 Å². The second-order valence-electron chi connectivity index (χ2n) is 4.87. The maximum absolute atomic E-state index is 11.3. The zero-order chi connectivity index (χ0) is 13.4. The highest BCUT2D eigenvalue weighted by atomic mass is 79.9. The van der Waals surface area contributed by atoms with Gasteiger partial charge in [-0.25, -0.2) is 0 Å². The predicted octanol–water partition coefficient (Wildman–Crippen LogP) is 4.34. The molecule has 0 aliphatic carbocycles. The average molecular weight is 316 g/mol. The monoisotopic (exact) mass is 315 g/mol. The molecule has 0 saturated carbocycles. The van der Waals surface area contributed by atoms with E-state index in [-0.39, 0.29) is 0 Å². The average Bonchev–Trinajstić information content (AvgIpc) is 2.74. The number of halogens is 1. The molecule has 2 aromatic rings. The summed E-state index contributed by atoms with van der Waals surface area (Å²) < 4.78 is 0.990. The Labute approximate surface area is 121 Å². The maximum Gasteiger partial charge on any atom is 0.152 e. The van der Waals surface area contributed by atoms with Crippen molar-refractivity contribution in [3.05, 3.63) is 58.1 Å². The Kier molecular flexibility index (Phi) is 3.15. The van der Waals surface area contributed by atoms with Crippen molar-refractivity contribution < 1.29 is 4.79 Å². The Morgan fingerprint density at radius 2 is 2.00 bits per heavy atom. The molecule has 2 nitrogen and oxygen atoms in total. The number of hydrogen-bond acceptors (Lipinski definition) is 2. The van der Waals surface area contributed by atoms with Crippen molar-refractivity contribution >= 4 is 33.6 Å². The van der Waals surface area contributed by atoms with E-state index in [1.165, 1.54) is 11.3 Å². The molecule has 3 rings (SSSR count). The SMILES string of the molecule is CC1Cc2ccccc2N1c1cc(Br)ccc1C=O. The van der Waals surface area contributed by atoms with Crippen LogP contribution < -0.4 is 4.90 Å². The second kappa shape index (κ2) is 4.82. The number of fused-ring (bicyclic) bond motifs is 1. The van der Waals surface area contributed by atoms with Crippen molar-refractivity contribution in [2.45, 2.75) is 19.4 Å². The van der Waals surface area contributed by atoms with Gasteiger partial charge in [-0.1, -0.05) is 34.1 Å². The van der Waals surface area contributed by atoms with Gasteiger partial charge in [0.05, 0.1) is 5.69 Å². The quantitative estimate of drug-likeness (QED) is 0.768. The van der Waals surface area contributed by atoms with Crippen molar-refractivity contribution in [1.82, 2.24) is 0 Å². The lowest BCUT2D eigenvalue weighted by Crippen LogP contribution is -2.24. The van der Waals surface area contributed by atoms with Crippen LogP contribution in [0.1, 0.15) is 22.8 Å². The molecule has 1 unspecified atom stereocenters. The van der Waals surface area contributed by atoms with Gasteiger partial charge in [0.25, 0.3) is 0 Å². The maximum atomic E-state index is 11.3. The van der Waals surface area contributed by atoms with Crippen LogP contribution in [0.4, 0.5) is 11.4 Å². The van der Waals surface area contributed by atoms with E-state index in [1.54, 1.807) is 0 Å². The molecule has 1 aliphatic rings. The minimum Gasteiger partial charge on any atom is -0.337 e. The van der Waals surface area contributed by atoms with Crippen molar-refractivity contribution in [3.63, 3.8) is 0 Å². The van der Waals surface area contributed by atoms with Gasteiger partial charge in [0.1, 0.15) is 0 Å². The van der Waals surface area contributed by atoms with Crippen LogP contribution in [0.5, 0.6) is 0 Å². The lowest BCUT2D eigenvalue weighted by Gasteiger charge is -2.26. The minimum absolute atomic E-state index is 0.366. The third kappa shape index (κ3) is 2.08. The first-order chi connectivity index (χ1) is 9.20. The van der Waals surface area contributed by atoms with E-state index in [0.29, 0.717) is 6.04 Å². The van der Waals surface area contributed by atoms with Crippen LogP contribution in [0.25, 0.3) is 0 Å². The number of para-hydroxylation sites is 1. The molecule has 1 heterocycles. The van der Waals surface area contributed by atoms with Crippen LogP contribution >= 0.6 is 15.9 Å². The highest BCUT2D eigenvalue weighted by Gasteiger charge is 2.28. The van der Waals surface area contributed by atoms with Crippen LogP contribution in [0.2, 0.25) is 0 Å². The fourth-order valence-electron chi connectivity index (χ4n) is 2.76. The molecule has 3 heteroatoms. The Balaban J connectivity index is 2.17. The van der Waals surface area contributed by atoms with E-state index in [0.717, 1.165) is 28.4 Å². The number of rotatable bonds is 2. The van der Waals surface area contributed by atoms with Gasteiger partial charge in [0.15, 0.2) is 6.29 Å². The smallest absolute Gasteiger partial charge is 0.152 e. The number of anilines is 2. The largest absolute Gasteiger partial charge is 0.337 e. The molecule has 96 valence electrons. The summed E-state index contributed by atoms with van der Waals surface area (Å²) in [5.74, 6) is 0.